The van der Waals surface area contributed by atoms with E-state index in [1.54, 1.807) is 13.0 Å². The van der Waals surface area contributed by atoms with E-state index in [2.05, 4.69) is 54.5 Å². The van der Waals surface area contributed by atoms with Crippen molar-refractivity contribution in [3.8, 4) is 11.5 Å². The molecule has 0 radical (unpaired) electrons. The molecule has 0 aromatic heterocycles. The maximum atomic E-state index is 13.4. The summed E-state index contributed by atoms with van der Waals surface area (Å²) in [5, 5.41) is 84.5. The van der Waals surface area contributed by atoms with Crippen LogP contribution in [0.2, 0.25) is 0 Å². The van der Waals surface area contributed by atoms with Gasteiger partial charge >= 0.3 is 11.9 Å². The van der Waals surface area contributed by atoms with Crippen molar-refractivity contribution in [3.05, 3.63) is 90.0 Å². The number of aliphatic carboxylic acids is 1. The number of aromatic carboxylic acids is 1. The summed E-state index contributed by atoms with van der Waals surface area (Å²) >= 11 is -1.71. The molecule has 61 heavy (non-hydrogen) atoms. The van der Waals surface area contributed by atoms with E-state index in [1.165, 1.54) is 67.8 Å². The lowest BCUT2D eigenvalue weighted by molar-refractivity contribution is -0.432. The van der Waals surface area contributed by atoms with Crippen LogP contribution in [-0.2, 0) is 39.4 Å². The van der Waals surface area contributed by atoms with Gasteiger partial charge in [-0.05, 0) is 90.7 Å². The van der Waals surface area contributed by atoms with Crippen molar-refractivity contribution in [2.24, 2.45) is 35.8 Å². The summed E-state index contributed by atoms with van der Waals surface area (Å²) < 4.78 is 37.1. The van der Waals surface area contributed by atoms with Gasteiger partial charge in [0.1, 0.15) is 22.8 Å². The first kappa shape index (κ1) is 44.0. The van der Waals surface area contributed by atoms with Gasteiger partial charge < -0.3 is 24.6 Å². The van der Waals surface area contributed by atoms with E-state index in [-0.39, 0.29) is 54.6 Å². The third kappa shape index (κ3) is 10.1. The van der Waals surface area contributed by atoms with Crippen molar-refractivity contribution in [1.82, 2.24) is 0 Å². The van der Waals surface area contributed by atoms with E-state index in [9.17, 15) is 33.4 Å². The van der Waals surface area contributed by atoms with E-state index in [0.717, 1.165) is 17.1 Å². The van der Waals surface area contributed by atoms with Crippen molar-refractivity contribution < 1.29 is 72.5 Å². The predicted molar refractivity (Wildman–Crippen MR) is 213 cm³/mol. The standard InChI is InChI=1S/C35H26N8O15S3/c1-16-11-24(38-36-19-5-3-17(4-6-19)34(46)47)26(54-2)15-23(16)37-40-29-27(60-58-56-51)12-18-13-28(61(52)53)25(14-22(18)32(29)44)39-41-30-31(35(48)49)42-43(33(30)45)20-7-9-21(10-8-20)59-57-55-50/h3-15,30,44,50-51H,1-2H3,(H,46,47)(H,48,49)(H,52,53). The number of hydrogen-bond acceptors (Lipinski definition) is 21. The average Bonchev–Trinajstić information content (AvgIpc) is 3.59. The van der Waals surface area contributed by atoms with Gasteiger partial charge in [-0.3, -0.25) is 4.79 Å². The number of carbonyl (C=O) groups excluding carboxylic acids is 1. The highest BCUT2D eigenvalue weighted by molar-refractivity contribution is 7.94. The Morgan fingerprint density at radius 2 is 1.51 bits per heavy atom. The van der Waals surface area contributed by atoms with Crippen LogP contribution in [0.1, 0.15) is 15.9 Å². The molecule has 23 nitrogen and oxygen atoms in total. The van der Waals surface area contributed by atoms with Crippen LogP contribution in [0.15, 0.2) is 129 Å². The van der Waals surface area contributed by atoms with Gasteiger partial charge in [0.2, 0.25) is 6.04 Å². The first-order valence-electron chi connectivity index (χ1n) is 16.6. The number of aryl methyl sites for hydroxylation is 1. The van der Waals surface area contributed by atoms with Gasteiger partial charge in [-0.2, -0.15) is 25.5 Å². The molecule has 0 aliphatic carbocycles. The lowest BCUT2D eigenvalue weighted by atomic mass is 10.1. The van der Waals surface area contributed by atoms with Crippen LogP contribution in [-0.4, -0.2) is 71.3 Å². The number of anilines is 1. The Morgan fingerprint density at radius 1 is 0.820 bits per heavy atom. The smallest absolute Gasteiger partial charge is 0.355 e. The molecule has 0 bridgehead atoms. The number of hydrazone groups is 1. The third-order valence-corrected chi connectivity index (χ3v) is 10.2. The first-order chi connectivity index (χ1) is 29.3. The monoisotopic (exact) mass is 894 g/mol. The Kier molecular flexibility index (Phi) is 14.2. The number of hydrogen-bond donors (Lipinski definition) is 6. The zero-order chi connectivity index (χ0) is 43.8. The van der Waals surface area contributed by atoms with Crippen molar-refractivity contribution >= 4 is 104 Å². The topological polar surface area (TPSA) is 326 Å². The maximum Gasteiger partial charge on any atom is 0.355 e. The summed E-state index contributed by atoms with van der Waals surface area (Å²) in [6.07, 6.45) is 0. The molecule has 1 heterocycles. The Labute approximate surface area is 352 Å². The second-order valence-electron chi connectivity index (χ2n) is 11.9. The Balaban J connectivity index is 1.34. The summed E-state index contributed by atoms with van der Waals surface area (Å²) in [5.41, 5.74) is 0.317. The number of carboxylic acid groups (broad SMARTS) is 2. The van der Waals surface area contributed by atoms with Crippen molar-refractivity contribution in [2.45, 2.75) is 27.7 Å². The molecule has 2 atom stereocenters. The zero-order valence-electron chi connectivity index (χ0n) is 30.7. The van der Waals surface area contributed by atoms with Crippen LogP contribution in [0.25, 0.3) is 10.8 Å². The summed E-state index contributed by atoms with van der Waals surface area (Å²) in [4.78, 5) is 36.8. The minimum Gasteiger partial charge on any atom is -0.505 e. The van der Waals surface area contributed by atoms with E-state index < -0.39 is 46.4 Å². The number of benzene rings is 5. The lowest BCUT2D eigenvalue weighted by Crippen LogP contribution is -2.33. The molecule has 314 valence electrons. The number of phenols is 1. The summed E-state index contributed by atoms with van der Waals surface area (Å²) in [7, 11) is 1.38. The van der Waals surface area contributed by atoms with Gasteiger partial charge in [0.15, 0.2) is 22.5 Å². The molecular formula is C35H26N8O15S3. The molecular weight excluding hydrogens is 869 g/mol. The lowest BCUT2D eigenvalue weighted by Gasteiger charge is -2.13. The van der Waals surface area contributed by atoms with Crippen LogP contribution in [0, 0.1) is 6.92 Å². The molecule has 1 amide bonds. The number of ether oxygens (including phenoxy) is 1. The van der Waals surface area contributed by atoms with Crippen LogP contribution in [0.5, 0.6) is 11.5 Å². The summed E-state index contributed by atoms with van der Waals surface area (Å²) in [5.74, 6) is -3.98. The largest absolute Gasteiger partial charge is 0.505 e. The van der Waals surface area contributed by atoms with Crippen LogP contribution < -0.4 is 9.75 Å². The first-order valence-corrected chi connectivity index (χ1v) is 19.2. The van der Waals surface area contributed by atoms with Crippen molar-refractivity contribution in [1.29, 1.82) is 0 Å². The van der Waals surface area contributed by atoms with Crippen molar-refractivity contribution in [2.75, 3.05) is 12.1 Å². The number of methoxy groups -OCH3 is 1. The number of azo groups is 3. The second kappa shape index (κ2) is 19.6. The Hall–Kier alpha value is -6.59. The number of fused-ring (bicyclic) bond motifs is 1. The highest BCUT2D eigenvalue weighted by Crippen LogP contribution is 2.47. The summed E-state index contributed by atoms with van der Waals surface area (Å²) in [6, 6.07) is 16.3. The number of rotatable bonds is 17. The van der Waals surface area contributed by atoms with Crippen LogP contribution >= 0.6 is 24.1 Å². The molecule has 5 aromatic carbocycles. The van der Waals surface area contributed by atoms with Gasteiger partial charge in [0.25, 0.3) is 5.91 Å². The fourth-order valence-corrected chi connectivity index (χ4v) is 6.76. The molecule has 5 aromatic rings. The molecule has 1 aliphatic rings. The van der Waals surface area contributed by atoms with Gasteiger partial charge in [-0.15, -0.1) is 24.0 Å². The molecule has 0 spiro atoms. The second-order valence-corrected chi connectivity index (χ2v) is 14.4. The quantitative estimate of drug-likeness (QED) is 0.0167. The highest BCUT2D eigenvalue weighted by atomic mass is 32.2. The number of amides is 1. The van der Waals surface area contributed by atoms with Crippen LogP contribution in [0.3, 0.4) is 0 Å². The predicted octanol–water partition coefficient (Wildman–Crippen LogP) is 8.77. The number of phenolic OH excluding ortho intramolecular Hbond substituents is 1. The average molecular weight is 895 g/mol. The summed E-state index contributed by atoms with van der Waals surface area (Å²) in [6.45, 7) is 1.68. The number of carbonyl (C=O) groups is 3. The van der Waals surface area contributed by atoms with E-state index >= 15 is 0 Å². The molecule has 26 heteroatoms. The Morgan fingerprint density at radius 3 is 2.15 bits per heavy atom. The highest BCUT2D eigenvalue weighted by Gasteiger charge is 2.41. The molecule has 6 rings (SSSR count). The van der Waals surface area contributed by atoms with Gasteiger partial charge in [-0.25, -0.2) is 24.3 Å². The zero-order valence-corrected chi connectivity index (χ0v) is 33.2. The van der Waals surface area contributed by atoms with Gasteiger partial charge in [-0.1, -0.05) is 10.1 Å². The van der Waals surface area contributed by atoms with Gasteiger partial charge in [0.05, 0.1) is 63.6 Å². The molecule has 1 aliphatic heterocycles. The number of aromatic hydroxyl groups is 1. The molecule has 0 saturated heterocycles. The van der Waals surface area contributed by atoms with E-state index in [1.807, 2.05) is 0 Å². The number of nitrogens with zero attached hydrogens (tertiary/aromatic N) is 8. The molecule has 0 saturated carbocycles. The van der Waals surface area contributed by atoms with Crippen LogP contribution in [0.4, 0.5) is 34.1 Å². The molecule has 0 fully saturated rings. The van der Waals surface area contributed by atoms with E-state index in [0.29, 0.717) is 45.9 Å². The third-order valence-electron chi connectivity index (χ3n) is 8.27. The SMILES string of the molecule is COc1cc(N=Nc2c(SOOO)cc3cc(S(=O)O)c(N=NC4C(=O)N(c5ccc(SOOO)cc5)N=C4C(=O)O)cc3c2O)c(C)cc1N=Nc1ccc(C(=O)O)cc1. The Bertz CT molecular complexity index is 2670. The maximum absolute atomic E-state index is 13.4. The normalized spacial score (nSPS) is 14.8. The fraction of sp³-hybridized carbons (Fsp3) is 0.0857. The van der Waals surface area contributed by atoms with Crippen molar-refractivity contribution in [3.63, 3.8) is 0 Å². The minimum atomic E-state index is -2.75. The molecule has 2 unspecified atom stereocenters. The van der Waals surface area contributed by atoms with Gasteiger partial charge in [0, 0.05) is 16.3 Å². The molecule has 6 N–H and O–H groups in total. The minimum absolute atomic E-state index is 0.00404. The fourth-order valence-electron chi connectivity index (χ4n) is 5.40. The van der Waals surface area contributed by atoms with E-state index in [4.69, 9.17) is 20.4 Å². The number of carboxylic acids is 2.